The summed E-state index contributed by atoms with van der Waals surface area (Å²) in [5.74, 6) is -1.20. The first-order valence-electron chi connectivity index (χ1n) is 6.45. The number of hydrogen-bond donors (Lipinski definition) is 1. The molecule has 1 aromatic rings. The lowest BCUT2D eigenvalue weighted by atomic mass is 9.90. The van der Waals surface area contributed by atoms with E-state index in [0.29, 0.717) is 10.5 Å². The predicted molar refractivity (Wildman–Crippen MR) is 69.2 cm³/mol. The van der Waals surface area contributed by atoms with Gasteiger partial charge in [0.15, 0.2) is 0 Å². The molecule has 1 N–H and O–H groups in total. The zero-order chi connectivity index (χ0) is 15.7. The highest BCUT2D eigenvalue weighted by Crippen LogP contribution is 2.28. The SMILES string of the molecule is CC1(c2ccccc2)NC(=O)CCN(CC(F)(F)F)C1=O. The second-order valence-corrected chi connectivity index (χ2v) is 5.13. The number of nitrogens with zero attached hydrogens (tertiary/aromatic N) is 1. The summed E-state index contributed by atoms with van der Waals surface area (Å²) >= 11 is 0. The van der Waals surface area contributed by atoms with Gasteiger partial charge in [0.1, 0.15) is 12.1 Å². The molecular weight excluding hydrogens is 285 g/mol. The molecule has 0 aliphatic carbocycles. The van der Waals surface area contributed by atoms with Gasteiger partial charge >= 0.3 is 6.18 Å². The van der Waals surface area contributed by atoms with E-state index in [9.17, 15) is 22.8 Å². The van der Waals surface area contributed by atoms with Crippen molar-refractivity contribution in [1.29, 1.82) is 0 Å². The Morgan fingerprint density at radius 2 is 1.86 bits per heavy atom. The van der Waals surface area contributed by atoms with Gasteiger partial charge in [0.25, 0.3) is 5.91 Å². The van der Waals surface area contributed by atoms with E-state index < -0.39 is 30.1 Å². The maximum atomic E-state index is 12.6. The summed E-state index contributed by atoms with van der Waals surface area (Å²) in [5.41, 5.74) is -1.03. The van der Waals surface area contributed by atoms with Gasteiger partial charge in [-0.05, 0) is 12.5 Å². The van der Waals surface area contributed by atoms with Crippen LogP contribution in [-0.2, 0) is 15.1 Å². The third-order valence-electron chi connectivity index (χ3n) is 3.43. The van der Waals surface area contributed by atoms with E-state index in [0.717, 1.165) is 0 Å². The van der Waals surface area contributed by atoms with Crippen LogP contribution in [0.15, 0.2) is 30.3 Å². The van der Waals surface area contributed by atoms with E-state index in [-0.39, 0.29) is 13.0 Å². The molecule has 1 aliphatic rings. The molecule has 1 heterocycles. The van der Waals surface area contributed by atoms with Gasteiger partial charge in [0.05, 0.1) is 0 Å². The summed E-state index contributed by atoms with van der Waals surface area (Å²) in [6.07, 6.45) is -4.65. The Morgan fingerprint density at radius 3 is 2.43 bits per heavy atom. The van der Waals surface area contributed by atoms with Crippen molar-refractivity contribution in [3.63, 3.8) is 0 Å². The third-order valence-corrected chi connectivity index (χ3v) is 3.43. The molecule has 1 aliphatic heterocycles. The van der Waals surface area contributed by atoms with Gasteiger partial charge in [-0.1, -0.05) is 30.3 Å². The quantitative estimate of drug-likeness (QED) is 0.905. The topological polar surface area (TPSA) is 49.4 Å². The Hall–Kier alpha value is -2.05. The molecule has 0 radical (unpaired) electrons. The Morgan fingerprint density at radius 1 is 1.24 bits per heavy atom. The minimum absolute atomic E-state index is 0.149. The molecule has 0 aromatic heterocycles. The van der Waals surface area contributed by atoms with Crippen LogP contribution in [0.3, 0.4) is 0 Å². The summed E-state index contributed by atoms with van der Waals surface area (Å²) in [7, 11) is 0. The minimum Gasteiger partial charge on any atom is -0.338 e. The summed E-state index contributed by atoms with van der Waals surface area (Å²) in [6.45, 7) is -0.174. The van der Waals surface area contributed by atoms with Gasteiger partial charge in [0.2, 0.25) is 5.91 Å². The lowest BCUT2D eigenvalue weighted by Gasteiger charge is -2.32. The summed E-state index contributed by atoms with van der Waals surface area (Å²) in [5, 5.41) is 2.54. The number of amides is 2. The number of alkyl halides is 3. The van der Waals surface area contributed by atoms with Crippen molar-refractivity contribution >= 4 is 11.8 Å². The Kier molecular flexibility index (Phi) is 3.93. The van der Waals surface area contributed by atoms with Crippen molar-refractivity contribution < 1.29 is 22.8 Å². The van der Waals surface area contributed by atoms with Gasteiger partial charge < -0.3 is 10.2 Å². The second-order valence-electron chi connectivity index (χ2n) is 5.13. The average molecular weight is 300 g/mol. The fraction of sp³-hybridized carbons (Fsp3) is 0.429. The molecule has 0 saturated carbocycles. The van der Waals surface area contributed by atoms with Crippen molar-refractivity contribution in [1.82, 2.24) is 10.2 Å². The molecule has 1 atom stereocenters. The average Bonchev–Trinajstić information content (AvgIpc) is 2.51. The van der Waals surface area contributed by atoms with Gasteiger partial charge in [-0.25, -0.2) is 0 Å². The molecule has 0 spiro atoms. The Balaban J connectivity index is 2.38. The highest BCUT2D eigenvalue weighted by atomic mass is 19.4. The number of nitrogens with one attached hydrogen (secondary N) is 1. The molecule has 1 aromatic carbocycles. The molecule has 21 heavy (non-hydrogen) atoms. The van der Waals surface area contributed by atoms with E-state index in [4.69, 9.17) is 0 Å². The van der Waals surface area contributed by atoms with Crippen molar-refractivity contribution in [2.75, 3.05) is 13.1 Å². The van der Waals surface area contributed by atoms with Crippen LogP contribution in [0.4, 0.5) is 13.2 Å². The molecule has 4 nitrogen and oxygen atoms in total. The minimum atomic E-state index is -4.50. The Bertz CT molecular complexity index is 545. The van der Waals surface area contributed by atoms with Crippen LogP contribution in [0, 0.1) is 0 Å². The molecule has 7 heteroatoms. The predicted octanol–water partition coefficient (Wildman–Crippen LogP) is 1.81. The van der Waals surface area contributed by atoms with Gasteiger partial charge in [-0.15, -0.1) is 0 Å². The molecule has 1 unspecified atom stereocenters. The van der Waals surface area contributed by atoms with Crippen molar-refractivity contribution in [3.8, 4) is 0 Å². The number of rotatable bonds is 2. The first-order valence-corrected chi connectivity index (χ1v) is 6.45. The maximum Gasteiger partial charge on any atom is 0.406 e. The standard InChI is InChI=1S/C14H15F3N2O2/c1-13(10-5-3-2-4-6-10)12(21)19(9-14(15,16)17)8-7-11(20)18-13/h2-6H,7-9H2,1H3,(H,18,20). The fourth-order valence-corrected chi connectivity index (χ4v) is 2.38. The van der Waals surface area contributed by atoms with Gasteiger partial charge in [0, 0.05) is 13.0 Å². The summed E-state index contributed by atoms with van der Waals surface area (Å²) < 4.78 is 37.8. The zero-order valence-electron chi connectivity index (χ0n) is 11.4. The molecule has 1 fully saturated rings. The maximum absolute atomic E-state index is 12.6. The third kappa shape index (κ3) is 3.34. The molecule has 0 bridgehead atoms. The summed E-state index contributed by atoms with van der Waals surface area (Å²) in [6, 6.07) is 8.27. The normalized spacial score (nSPS) is 23.7. The van der Waals surface area contributed by atoms with Crippen molar-refractivity contribution in [2.45, 2.75) is 25.1 Å². The monoisotopic (exact) mass is 300 g/mol. The van der Waals surface area contributed by atoms with Crippen LogP contribution in [-0.4, -0.2) is 36.0 Å². The van der Waals surface area contributed by atoms with Crippen molar-refractivity contribution in [2.24, 2.45) is 0 Å². The summed E-state index contributed by atoms with van der Waals surface area (Å²) in [4.78, 5) is 24.9. The van der Waals surface area contributed by atoms with Crippen molar-refractivity contribution in [3.05, 3.63) is 35.9 Å². The second kappa shape index (κ2) is 5.38. The van der Waals surface area contributed by atoms with E-state index in [2.05, 4.69) is 5.32 Å². The number of carbonyl (C=O) groups excluding carboxylic acids is 2. The van der Waals surface area contributed by atoms with E-state index >= 15 is 0 Å². The number of carbonyl (C=O) groups is 2. The Labute approximate surface area is 119 Å². The largest absolute Gasteiger partial charge is 0.406 e. The zero-order valence-corrected chi connectivity index (χ0v) is 11.4. The highest BCUT2D eigenvalue weighted by Gasteiger charge is 2.45. The lowest BCUT2D eigenvalue weighted by molar-refractivity contribution is -0.164. The molecular formula is C14H15F3N2O2. The van der Waals surface area contributed by atoms with E-state index in [1.165, 1.54) is 6.92 Å². The molecule has 2 rings (SSSR count). The smallest absolute Gasteiger partial charge is 0.338 e. The first-order chi connectivity index (χ1) is 9.72. The van der Waals surface area contributed by atoms with E-state index in [1.807, 2.05) is 0 Å². The lowest BCUT2D eigenvalue weighted by Crippen LogP contribution is -2.54. The van der Waals surface area contributed by atoms with Crippen LogP contribution < -0.4 is 5.32 Å². The van der Waals surface area contributed by atoms with Gasteiger partial charge in [-0.2, -0.15) is 13.2 Å². The highest BCUT2D eigenvalue weighted by molar-refractivity contribution is 5.94. The fourth-order valence-electron chi connectivity index (χ4n) is 2.38. The first kappa shape index (κ1) is 15.3. The van der Waals surface area contributed by atoms with Crippen LogP contribution in [0.5, 0.6) is 0 Å². The number of halogens is 3. The van der Waals surface area contributed by atoms with Crippen LogP contribution >= 0.6 is 0 Å². The number of benzene rings is 1. The molecule has 1 saturated heterocycles. The van der Waals surface area contributed by atoms with E-state index in [1.54, 1.807) is 30.3 Å². The number of hydrogen-bond acceptors (Lipinski definition) is 2. The van der Waals surface area contributed by atoms with Crippen LogP contribution in [0.25, 0.3) is 0 Å². The van der Waals surface area contributed by atoms with Gasteiger partial charge in [-0.3, -0.25) is 9.59 Å². The van der Waals surface area contributed by atoms with Crippen LogP contribution in [0.1, 0.15) is 18.9 Å². The van der Waals surface area contributed by atoms with Crippen LogP contribution in [0.2, 0.25) is 0 Å². The molecule has 114 valence electrons. The molecule has 2 amide bonds.